The van der Waals surface area contributed by atoms with Crippen LogP contribution < -0.4 is 10.6 Å². The Morgan fingerprint density at radius 2 is 1.32 bits per heavy atom. The largest absolute Gasteiger partial charge is 0.359 e. The molecule has 1 saturated carbocycles. The van der Waals surface area contributed by atoms with Crippen LogP contribution >= 0.6 is 22.6 Å². The second-order valence-electron chi connectivity index (χ2n) is 5.66. The molecule has 0 aliphatic heterocycles. The second-order valence-corrected chi connectivity index (χ2v) is 6.91. The van der Waals surface area contributed by atoms with Crippen molar-refractivity contribution in [3.63, 3.8) is 0 Å². The molecule has 22 heavy (non-hydrogen) atoms. The quantitative estimate of drug-likeness (QED) is 0.613. The Labute approximate surface area is 145 Å². The number of anilines is 2. The van der Waals surface area contributed by atoms with Gasteiger partial charge in [0.2, 0.25) is 0 Å². The maximum absolute atomic E-state index is 4.26. The topological polar surface area (TPSA) is 24.1 Å². The van der Waals surface area contributed by atoms with Gasteiger partial charge in [-0.15, -0.1) is 0 Å². The fraction of sp³-hybridized carbons (Fsp3) is 0.158. The molecular formula is C19H19IN2. The molecular weight excluding hydrogens is 383 g/mol. The van der Waals surface area contributed by atoms with Gasteiger partial charge in [-0.25, -0.2) is 0 Å². The molecule has 0 bridgehead atoms. The van der Waals surface area contributed by atoms with Crippen LogP contribution in [0.5, 0.6) is 0 Å². The third kappa shape index (κ3) is 3.19. The lowest BCUT2D eigenvalue weighted by Crippen LogP contribution is -2.18. The summed E-state index contributed by atoms with van der Waals surface area (Å²) in [4.78, 5) is 0. The monoisotopic (exact) mass is 402 g/mol. The number of rotatable bonds is 6. The minimum absolute atomic E-state index is 0.0428. The highest BCUT2D eigenvalue weighted by atomic mass is 127. The molecule has 0 atom stereocenters. The van der Waals surface area contributed by atoms with E-state index in [2.05, 4.69) is 82.8 Å². The van der Waals surface area contributed by atoms with Gasteiger partial charge in [0.1, 0.15) is 0 Å². The van der Waals surface area contributed by atoms with E-state index in [1.54, 1.807) is 0 Å². The van der Waals surface area contributed by atoms with Crippen molar-refractivity contribution in [1.29, 1.82) is 0 Å². The normalized spacial score (nSPS) is 15.0. The highest BCUT2D eigenvalue weighted by Gasteiger charge is 2.48. The van der Waals surface area contributed by atoms with Crippen molar-refractivity contribution >= 4 is 34.0 Å². The highest BCUT2D eigenvalue weighted by Crippen LogP contribution is 2.56. The van der Waals surface area contributed by atoms with Crippen LogP contribution in [0.15, 0.2) is 79.1 Å². The van der Waals surface area contributed by atoms with E-state index in [-0.39, 0.29) is 5.41 Å². The first-order valence-corrected chi connectivity index (χ1v) is 8.41. The molecule has 1 aliphatic carbocycles. The van der Waals surface area contributed by atoms with Crippen molar-refractivity contribution in [3.8, 4) is 0 Å². The predicted molar refractivity (Wildman–Crippen MR) is 103 cm³/mol. The Balaban J connectivity index is 1.68. The van der Waals surface area contributed by atoms with Gasteiger partial charge in [0, 0.05) is 31.8 Å². The summed E-state index contributed by atoms with van der Waals surface area (Å²) in [5, 5.41) is 6.86. The summed E-state index contributed by atoms with van der Waals surface area (Å²) in [6.07, 6.45) is 2.17. The van der Waals surface area contributed by atoms with E-state index in [0.29, 0.717) is 0 Å². The first-order valence-electron chi connectivity index (χ1n) is 7.34. The molecule has 3 rings (SSSR count). The Hall–Kier alpha value is -1.75. The van der Waals surface area contributed by atoms with E-state index in [0.717, 1.165) is 35.6 Å². The van der Waals surface area contributed by atoms with Gasteiger partial charge >= 0.3 is 0 Å². The molecule has 0 saturated heterocycles. The van der Waals surface area contributed by atoms with E-state index in [9.17, 15) is 0 Å². The summed E-state index contributed by atoms with van der Waals surface area (Å²) >= 11 is 2.31. The van der Waals surface area contributed by atoms with Gasteiger partial charge in [-0.3, -0.25) is 0 Å². The van der Waals surface area contributed by atoms with Crippen molar-refractivity contribution in [2.75, 3.05) is 10.6 Å². The molecule has 0 spiro atoms. The van der Waals surface area contributed by atoms with Crippen molar-refractivity contribution in [1.82, 2.24) is 0 Å². The van der Waals surface area contributed by atoms with Gasteiger partial charge in [-0.05, 0) is 71.8 Å². The molecule has 1 aliphatic rings. The van der Waals surface area contributed by atoms with E-state index < -0.39 is 0 Å². The Kier molecular flexibility index (Phi) is 4.25. The van der Waals surface area contributed by atoms with Gasteiger partial charge in [0.05, 0.1) is 0 Å². The number of benzene rings is 2. The molecule has 112 valence electrons. The molecule has 0 amide bonds. The molecule has 2 aromatic carbocycles. The summed E-state index contributed by atoms with van der Waals surface area (Å²) in [7, 11) is 0. The van der Waals surface area contributed by atoms with Crippen LogP contribution in [0.1, 0.15) is 12.8 Å². The average molecular weight is 402 g/mol. The van der Waals surface area contributed by atoms with Crippen molar-refractivity contribution in [2.24, 2.45) is 5.41 Å². The standard InChI is InChI=1S/C19H19IN2/c1-14(21-17-6-4-3-5-7-17)19(12-13-19)15(2)22-18-10-8-16(20)9-11-18/h3-11,21-22H,1-2,12-13H2. The molecule has 2 aromatic rings. The van der Waals surface area contributed by atoms with E-state index in [4.69, 9.17) is 0 Å². The van der Waals surface area contributed by atoms with Crippen molar-refractivity contribution in [3.05, 3.63) is 82.7 Å². The summed E-state index contributed by atoms with van der Waals surface area (Å²) in [5.41, 5.74) is 4.13. The Bertz CT molecular complexity index is 685. The van der Waals surface area contributed by atoms with Crippen molar-refractivity contribution in [2.45, 2.75) is 12.8 Å². The van der Waals surface area contributed by atoms with Crippen LogP contribution in [0.25, 0.3) is 0 Å². The van der Waals surface area contributed by atoms with Gasteiger partial charge in [0.15, 0.2) is 0 Å². The lowest BCUT2D eigenvalue weighted by molar-refractivity contribution is 0.741. The molecule has 3 heteroatoms. The maximum Gasteiger partial charge on any atom is 0.0492 e. The zero-order chi connectivity index (χ0) is 15.6. The fourth-order valence-electron chi connectivity index (χ4n) is 2.55. The lowest BCUT2D eigenvalue weighted by atomic mass is 9.99. The lowest BCUT2D eigenvalue weighted by Gasteiger charge is -2.24. The van der Waals surface area contributed by atoms with Gasteiger partial charge in [-0.2, -0.15) is 0 Å². The fourth-order valence-corrected chi connectivity index (χ4v) is 2.91. The highest BCUT2D eigenvalue weighted by molar-refractivity contribution is 14.1. The molecule has 2 N–H and O–H groups in total. The molecule has 0 heterocycles. The zero-order valence-electron chi connectivity index (χ0n) is 12.4. The van der Waals surface area contributed by atoms with Crippen LogP contribution in [-0.4, -0.2) is 0 Å². The molecule has 0 unspecified atom stereocenters. The molecule has 1 fully saturated rings. The van der Waals surface area contributed by atoms with Crippen LogP contribution in [0.2, 0.25) is 0 Å². The minimum Gasteiger partial charge on any atom is -0.359 e. The summed E-state index contributed by atoms with van der Waals surface area (Å²) in [6.45, 7) is 8.50. The van der Waals surface area contributed by atoms with Crippen LogP contribution in [0.4, 0.5) is 11.4 Å². The number of halogens is 1. The Morgan fingerprint density at radius 1 is 0.818 bits per heavy atom. The van der Waals surface area contributed by atoms with Crippen LogP contribution in [0, 0.1) is 8.99 Å². The SMILES string of the molecule is C=C(Nc1ccccc1)C1(C(=C)Nc2ccc(I)cc2)CC1. The second kappa shape index (κ2) is 6.16. The average Bonchev–Trinajstić information content (AvgIpc) is 3.32. The summed E-state index contributed by atoms with van der Waals surface area (Å²) in [6, 6.07) is 18.5. The minimum atomic E-state index is -0.0428. The number of hydrogen-bond acceptors (Lipinski definition) is 2. The number of para-hydroxylation sites is 1. The van der Waals surface area contributed by atoms with E-state index in [1.165, 1.54) is 3.57 Å². The van der Waals surface area contributed by atoms with Gasteiger partial charge in [0.25, 0.3) is 0 Å². The van der Waals surface area contributed by atoms with E-state index in [1.807, 2.05) is 18.2 Å². The van der Waals surface area contributed by atoms with Crippen molar-refractivity contribution < 1.29 is 0 Å². The van der Waals surface area contributed by atoms with Crippen LogP contribution in [-0.2, 0) is 0 Å². The summed E-state index contributed by atoms with van der Waals surface area (Å²) < 4.78 is 1.23. The predicted octanol–water partition coefficient (Wildman–Crippen LogP) is 5.62. The zero-order valence-corrected chi connectivity index (χ0v) is 14.6. The smallest absolute Gasteiger partial charge is 0.0492 e. The number of hydrogen-bond donors (Lipinski definition) is 2. The third-order valence-electron chi connectivity index (χ3n) is 4.11. The van der Waals surface area contributed by atoms with Gasteiger partial charge < -0.3 is 10.6 Å². The van der Waals surface area contributed by atoms with E-state index >= 15 is 0 Å². The maximum atomic E-state index is 4.26. The third-order valence-corrected chi connectivity index (χ3v) is 4.83. The van der Waals surface area contributed by atoms with Gasteiger partial charge in [-0.1, -0.05) is 31.4 Å². The Morgan fingerprint density at radius 3 is 1.82 bits per heavy atom. The summed E-state index contributed by atoms with van der Waals surface area (Å²) in [5.74, 6) is 0. The molecule has 2 nitrogen and oxygen atoms in total. The van der Waals surface area contributed by atoms with Crippen LogP contribution in [0.3, 0.4) is 0 Å². The first kappa shape index (κ1) is 15.2. The molecule has 0 radical (unpaired) electrons. The first-order chi connectivity index (χ1) is 10.6. The molecule has 0 aromatic heterocycles. The number of nitrogens with one attached hydrogen (secondary N) is 2.